The number of hydrogen-bond donors (Lipinski definition) is 2. The molecule has 11 heteroatoms. The normalized spacial score (nSPS) is 18.5. The van der Waals surface area contributed by atoms with Crippen molar-refractivity contribution in [3.8, 4) is 0 Å². The Morgan fingerprint density at radius 3 is 2.79 bits per heavy atom. The zero-order chi connectivity index (χ0) is 23.6. The molecule has 4 rings (SSSR count). The van der Waals surface area contributed by atoms with E-state index in [0.717, 1.165) is 23.6 Å². The third-order valence-electron chi connectivity index (χ3n) is 5.62. The second-order valence-corrected chi connectivity index (χ2v) is 8.45. The minimum absolute atomic E-state index is 0.00489. The zero-order valence-corrected chi connectivity index (χ0v) is 18.1. The highest BCUT2D eigenvalue weighted by Gasteiger charge is 2.37. The quantitative estimate of drug-likeness (QED) is 0.493. The Morgan fingerprint density at radius 1 is 1.27 bits per heavy atom. The van der Waals surface area contributed by atoms with Crippen LogP contribution in [0.1, 0.15) is 46.6 Å². The van der Waals surface area contributed by atoms with E-state index in [-0.39, 0.29) is 42.2 Å². The van der Waals surface area contributed by atoms with Crippen molar-refractivity contribution in [2.24, 2.45) is 5.92 Å². The molecule has 0 spiro atoms. The largest absolute Gasteiger partial charge is 0.433 e. The molecule has 2 N–H and O–H groups in total. The van der Waals surface area contributed by atoms with Gasteiger partial charge in [0.2, 0.25) is 5.78 Å². The van der Waals surface area contributed by atoms with Gasteiger partial charge in [-0.05, 0) is 42.9 Å². The van der Waals surface area contributed by atoms with Crippen molar-refractivity contribution in [3.63, 3.8) is 0 Å². The number of aliphatic hydroxyl groups excluding tert-OH is 1. The maximum Gasteiger partial charge on any atom is 0.433 e. The molecule has 0 amide bonds. The van der Waals surface area contributed by atoms with Crippen molar-refractivity contribution in [2.45, 2.75) is 38.0 Å². The Balaban J connectivity index is 1.63. The maximum atomic E-state index is 13.7. The van der Waals surface area contributed by atoms with Crippen molar-refractivity contribution >= 4 is 23.2 Å². The van der Waals surface area contributed by atoms with E-state index in [0.29, 0.717) is 17.0 Å². The monoisotopic (exact) mass is 479 g/mol. The van der Waals surface area contributed by atoms with Crippen molar-refractivity contribution in [2.75, 3.05) is 11.9 Å². The number of halogens is 4. The van der Waals surface area contributed by atoms with Crippen LogP contribution in [0.2, 0.25) is 5.02 Å². The molecule has 1 aliphatic carbocycles. The minimum Gasteiger partial charge on any atom is -0.396 e. The third kappa shape index (κ3) is 5.33. The fourth-order valence-electron chi connectivity index (χ4n) is 4.00. The second-order valence-electron chi connectivity index (χ2n) is 8.02. The highest BCUT2D eigenvalue weighted by atomic mass is 35.5. The van der Waals surface area contributed by atoms with Crippen molar-refractivity contribution in [1.29, 1.82) is 0 Å². The summed E-state index contributed by atoms with van der Waals surface area (Å²) in [5.74, 6) is -0.318. The number of ketones is 1. The summed E-state index contributed by atoms with van der Waals surface area (Å²) in [6.45, 7) is -0.123. The lowest BCUT2D eigenvalue weighted by molar-refractivity contribution is -0.144. The molecule has 1 aromatic carbocycles. The number of hydrogen-bond acceptors (Lipinski definition) is 6. The second kappa shape index (κ2) is 9.48. The van der Waals surface area contributed by atoms with E-state index in [9.17, 15) is 23.1 Å². The molecule has 0 saturated heterocycles. The van der Waals surface area contributed by atoms with E-state index in [1.807, 2.05) is 0 Å². The van der Waals surface area contributed by atoms with Gasteiger partial charge < -0.3 is 10.4 Å². The highest BCUT2D eigenvalue weighted by molar-refractivity contribution is 6.30. The molecule has 3 aromatic rings. The summed E-state index contributed by atoms with van der Waals surface area (Å²) >= 11 is 5.94. The van der Waals surface area contributed by atoms with E-state index in [4.69, 9.17) is 11.6 Å². The van der Waals surface area contributed by atoms with Crippen LogP contribution >= 0.6 is 11.6 Å². The molecule has 1 aliphatic rings. The van der Waals surface area contributed by atoms with Gasteiger partial charge in [-0.3, -0.25) is 9.48 Å². The van der Waals surface area contributed by atoms with Gasteiger partial charge in [0.25, 0.3) is 0 Å². The molecular formula is C22H21ClF3N5O2. The van der Waals surface area contributed by atoms with Crippen molar-refractivity contribution in [1.82, 2.24) is 19.7 Å². The van der Waals surface area contributed by atoms with Crippen molar-refractivity contribution < 1.29 is 23.1 Å². The van der Waals surface area contributed by atoms with Crippen LogP contribution in [0, 0.1) is 5.92 Å². The summed E-state index contributed by atoms with van der Waals surface area (Å²) in [6, 6.07) is 7.15. The number of aromatic nitrogens is 4. The summed E-state index contributed by atoms with van der Waals surface area (Å²) in [6.07, 6.45) is 0.152. The number of rotatable bonds is 7. The van der Waals surface area contributed by atoms with E-state index >= 15 is 0 Å². The van der Waals surface area contributed by atoms with E-state index in [1.54, 1.807) is 24.3 Å². The van der Waals surface area contributed by atoms with Crippen LogP contribution in [0.3, 0.4) is 0 Å². The Labute approximate surface area is 192 Å². The average molecular weight is 480 g/mol. The van der Waals surface area contributed by atoms with Gasteiger partial charge in [-0.1, -0.05) is 23.7 Å². The molecule has 1 fully saturated rings. The van der Waals surface area contributed by atoms with Crippen LogP contribution in [0.15, 0.2) is 42.9 Å². The molecule has 0 bridgehead atoms. The van der Waals surface area contributed by atoms with E-state index in [1.165, 1.54) is 12.5 Å². The van der Waals surface area contributed by atoms with Crippen LogP contribution in [-0.2, 0) is 12.7 Å². The van der Waals surface area contributed by atoms with Gasteiger partial charge in [0.15, 0.2) is 0 Å². The SMILES string of the molecule is O=C(c1cc(C(F)(F)F)n(Cc2cccc(Cl)c2)n1)c1cncnc1NC1CCC(CO)C1. The van der Waals surface area contributed by atoms with Crippen LogP contribution in [-0.4, -0.2) is 43.3 Å². The average Bonchev–Trinajstić information content (AvgIpc) is 3.40. The molecule has 7 nitrogen and oxygen atoms in total. The number of carbonyl (C=O) groups is 1. The van der Waals surface area contributed by atoms with Gasteiger partial charge in [0.1, 0.15) is 23.5 Å². The van der Waals surface area contributed by atoms with E-state index in [2.05, 4.69) is 20.4 Å². The Morgan fingerprint density at radius 2 is 2.09 bits per heavy atom. The first-order valence-corrected chi connectivity index (χ1v) is 10.7. The van der Waals surface area contributed by atoms with Crippen LogP contribution < -0.4 is 5.32 Å². The fourth-order valence-corrected chi connectivity index (χ4v) is 4.21. The smallest absolute Gasteiger partial charge is 0.396 e. The van der Waals surface area contributed by atoms with Gasteiger partial charge in [-0.25, -0.2) is 9.97 Å². The molecule has 2 unspecified atom stereocenters. The predicted octanol–water partition coefficient (Wildman–Crippen LogP) is 4.20. The lowest BCUT2D eigenvalue weighted by Crippen LogP contribution is -2.20. The number of aliphatic hydroxyl groups is 1. The van der Waals surface area contributed by atoms with Crippen LogP contribution in [0.5, 0.6) is 0 Å². The fraction of sp³-hybridized carbons (Fsp3) is 0.364. The molecule has 0 radical (unpaired) electrons. The summed E-state index contributed by atoms with van der Waals surface area (Å²) in [7, 11) is 0. The Kier molecular flexibility index (Phi) is 6.66. The van der Waals surface area contributed by atoms with Crippen LogP contribution in [0.25, 0.3) is 0 Å². The first kappa shape index (κ1) is 23.2. The minimum atomic E-state index is -4.71. The molecule has 2 heterocycles. The first-order chi connectivity index (χ1) is 15.7. The number of anilines is 1. The molecular weight excluding hydrogens is 459 g/mol. The topological polar surface area (TPSA) is 92.9 Å². The maximum absolute atomic E-state index is 13.7. The lowest BCUT2D eigenvalue weighted by Gasteiger charge is -2.15. The summed E-state index contributed by atoms with van der Waals surface area (Å²) in [5.41, 5.74) is -0.855. The molecule has 2 atom stereocenters. The highest BCUT2D eigenvalue weighted by Crippen LogP contribution is 2.32. The van der Waals surface area contributed by atoms with Crippen LogP contribution in [0.4, 0.5) is 19.0 Å². The Hall–Kier alpha value is -2.98. The summed E-state index contributed by atoms with van der Waals surface area (Å²) < 4.78 is 41.8. The van der Waals surface area contributed by atoms with Gasteiger partial charge in [0.05, 0.1) is 12.1 Å². The van der Waals surface area contributed by atoms with Gasteiger partial charge in [-0.15, -0.1) is 0 Å². The number of carbonyl (C=O) groups excluding carboxylic acids is 1. The molecule has 174 valence electrons. The van der Waals surface area contributed by atoms with E-state index < -0.39 is 17.7 Å². The number of alkyl halides is 3. The van der Waals surface area contributed by atoms with Gasteiger partial charge in [0, 0.05) is 29.9 Å². The number of benzene rings is 1. The lowest BCUT2D eigenvalue weighted by atomic mass is 10.1. The number of nitrogens with one attached hydrogen (secondary N) is 1. The molecule has 2 aromatic heterocycles. The van der Waals surface area contributed by atoms with Gasteiger partial charge in [-0.2, -0.15) is 18.3 Å². The number of nitrogens with zero attached hydrogens (tertiary/aromatic N) is 4. The first-order valence-electron chi connectivity index (χ1n) is 10.4. The summed E-state index contributed by atoms with van der Waals surface area (Å²) in [4.78, 5) is 21.1. The van der Waals surface area contributed by atoms with Gasteiger partial charge >= 0.3 is 6.18 Å². The predicted molar refractivity (Wildman–Crippen MR) is 115 cm³/mol. The molecule has 1 saturated carbocycles. The molecule has 0 aliphatic heterocycles. The summed E-state index contributed by atoms with van der Waals surface area (Å²) in [5, 5.41) is 16.9. The third-order valence-corrected chi connectivity index (χ3v) is 5.86. The molecule has 33 heavy (non-hydrogen) atoms. The zero-order valence-electron chi connectivity index (χ0n) is 17.4. The standard InChI is InChI=1S/C22H21ClF3N5O2/c23-15-3-1-2-13(6-15)10-31-19(22(24,25)26)8-18(30-31)20(33)17-9-27-12-28-21(17)29-16-5-4-14(7-16)11-32/h1-3,6,8-9,12,14,16,32H,4-5,7,10-11H2,(H,27,28,29). The van der Waals surface area contributed by atoms with Crippen molar-refractivity contribution in [3.05, 3.63) is 70.4 Å². The Bertz CT molecular complexity index is 1150.